The molecular formula is C17H17NO. The zero-order chi connectivity index (χ0) is 12.7. The van der Waals surface area contributed by atoms with Crippen LogP contribution in [-0.4, -0.2) is 6.61 Å². The van der Waals surface area contributed by atoms with E-state index in [0.29, 0.717) is 6.04 Å². The fourth-order valence-electron chi connectivity index (χ4n) is 3.11. The lowest BCUT2D eigenvalue weighted by atomic mass is 9.92. The largest absolute Gasteiger partial charge is 0.493 e. The fraction of sp³-hybridized carbons (Fsp3) is 0.294. The van der Waals surface area contributed by atoms with Gasteiger partial charge in [-0.3, -0.25) is 0 Å². The molecule has 2 aliphatic rings. The minimum absolute atomic E-state index is 0.431. The lowest BCUT2D eigenvalue weighted by molar-refractivity contribution is 0.357. The molecule has 1 unspecified atom stereocenters. The van der Waals surface area contributed by atoms with Crippen LogP contribution in [0, 0.1) is 0 Å². The maximum atomic E-state index is 5.58. The summed E-state index contributed by atoms with van der Waals surface area (Å²) in [5.74, 6) is 1.07. The van der Waals surface area contributed by atoms with Crippen LogP contribution in [0.1, 0.15) is 29.2 Å². The van der Waals surface area contributed by atoms with E-state index in [-0.39, 0.29) is 0 Å². The van der Waals surface area contributed by atoms with Crippen molar-refractivity contribution in [1.29, 1.82) is 0 Å². The highest BCUT2D eigenvalue weighted by atomic mass is 16.5. The van der Waals surface area contributed by atoms with E-state index in [1.807, 2.05) is 0 Å². The number of hydrogen-bond donors (Lipinski definition) is 1. The molecule has 0 aliphatic carbocycles. The average Bonchev–Trinajstić information content (AvgIpc) is 2.94. The maximum Gasteiger partial charge on any atom is 0.122 e. The molecule has 0 saturated heterocycles. The third-order valence-corrected chi connectivity index (χ3v) is 4.17. The number of rotatable bonds is 1. The Bertz CT molecular complexity index is 620. The highest BCUT2D eigenvalue weighted by Crippen LogP contribution is 2.35. The van der Waals surface area contributed by atoms with Crippen LogP contribution in [0.4, 0.5) is 5.69 Å². The van der Waals surface area contributed by atoms with Crippen molar-refractivity contribution >= 4 is 5.69 Å². The van der Waals surface area contributed by atoms with Crippen molar-refractivity contribution in [1.82, 2.24) is 0 Å². The van der Waals surface area contributed by atoms with Crippen molar-refractivity contribution in [3.63, 3.8) is 0 Å². The topological polar surface area (TPSA) is 21.3 Å². The third kappa shape index (κ3) is 1.88. The van der Waals surface area contributed by atoms with Gasteiger partial charge in [0.25, 0.3) is 0 Å². The quantitative estimate of drug-likeness (QED) is 0.834. The number of para-hydroxylation sites is 1. The monoisotopic (exact) mass is 251 g/mol. The first-order chi connectivity index (χ1) is 9.40. The van der Waals surface area contributed by atoms with Crippen molar-refractivity contribution < 1.29 is 4.74 Å². The lowest BCUT2D eigenvalue weighted by Gasteiger charge is -2.27. The molecule has 2 heterocycles. The van der Waals surface area contributed by atoms with Gasteiger partial charge in [0, 0.05) is 12.1 Å². The predicted molar refractivity (Wildman–Crippen MR) is 76.8 cm³/mol. The summed E-state index contributed by atoms with van der Waals surface area (Å²) >= 11 is 0. The van der Waals surface area contributed by atoms with Crippen molar-refractivity contribution in [2.45, 2.75) is 25.3 Å². The van der Waals surface area contributed by atoms with Crippen LogP contribution in [0.5, 0.6) is 5.75 Å². The van der Waals surface area contributed by atoms with E-state index in [9.17, 15) is 0 Å². The van der Waals surface area contributed by atoms with Gasteiger partial charge in [-0.1, -0.05) is 24.3 Å². The fourth-order valence-corrected chi connectivity index (χ4v) is 3.11. The number of aryl methyl sites for hydroxylation is 1. The second-order valence-electron chi connectivity index (χ2n) is 5.36. The first kappa shape index (κ1) is 10.9. The molecule has 1 N–H and O–H groups in total. The molecule has 2 heteroatoms. The number of benzene rings is 2. The van der Waals surface area contributed by atoms with Crippen molar-refractivity contribution in [3.05, 3.63) is 59.2 Å². The Hall–Kier alpha value is -1.96. The highest BCUT2D eigenvalue weighted by molar-refractivity contribution is 5.55. The summed E-state index contributed by atoms with van der Waals surface area (Å²) < 4.78 is 5.58. The predicted octanol–water partition coefficient (Wildman–Crippen LogP) is 3.72. The molecule has 4 rings (SSSR count). The number of ether oxygens (including phenoxy) is 1. The van der Waals surface area contributed by atoms with Crippen LogP contribution >= 0.6 is 0 Å². The Balaban J connectivity index is 1.64. The zero-order valence-electron chi connectivity index (χ0n) is 10.9. The van der Waals surface area contributed by atoms with Gasteiger partial charge in [0.2, 0.25) is 0 Å². The molecule has 0 aromatic heterocycles. The van der Waals surface area contributed by atoms with Gasteiger partial charge in [-0.25, -0.2) is 0 Å². The van der Waals surface area contributed by atoms with Crippen molar-refractivity contribution in [2.75, 3.05) is 11.9 Å². The van der Waals surface area contributed by atoms with Gasteiger partial charge in [0.1, 0.15) is 5.75 Å². The molecule has 0 amide bonds. The van der Waals surface area contributed by atoms with Crippen LogP contribution < -0.4 is 10.1 Å². The Kier molecular flexibility index (Phi) is 2.47. The summed E-state index contributed by atoms with van der Waals surface area (Å²) in [7, 11) is 0. The molecule has 2 aromatic carbocycles. The van der Waals surface area contributed by atoms with Gasteiger partial charge in [-0.15, -0.1) is 0 Å². The molecule has 0 fully saturated rings. The number of hydrogen-bond acceptors (Lipinski definition) is 2. The van der Waals surface area contributed by atoms with Crippen LogP contribution in [0.3, 0.4) is 0 Å². The van der Waals surface area contributed by atoms with E-state index in [1.165, 1.54) is 22.4 Å². The maximum absolute atomic E-state index is 5.58. The van der Waals surface area contributed by atoms with Crippen LogP contribution in [0.15, 0.2) is 42.5 Å². The van der Waals surface area contributed by atoms with Gasteiger partial charge in [0.05, 0.1) is 12.6 Å². The lowest BCUT2D eigenvalue weighted by Crippen LogP contribution is -2.17. The van der Waals surface area contributed by atoms with E-state index in [0.717, 1.165) is 31.6 Å². The number of anilines is 1. The van der Waals surface area contributed by atoms with Gasteiger partial charge >= 0.3 is 0 Å². The second-order valence-corrected chi connectivity index (χ2v) is 5.36. The Labute approximate surface area is 113 Å². The van der Waals surface area contributed by atoms with Crippen LogP contribution in [0.25, 0.3) is 0 Å². The third-order valence-electron chi connectivity index (χ3n) is 4.17. The van der Waals surface area contributed by atoms with Crippen molar-refractivity contribution in [3.8, 4) is 5.75 Å². The summed E-state index contributed by atoms with van der Waals surface area (Å²) in [6, 6.07) is 15.7. The first-order valence-electron chi connectivity index (χ1n) is 7.00. The standard InChI is InChI=1S/C17H17NO/c1-2-4-15-12(3-1)5-7-16(18-15)13-6-8-17-14(11-13)9-10-19-17/h1-4,6,8,11,16,18H,5,7,9-10H2. The van der Waals surface area contributed by atoms with E-state index >= 15 is 0 Å². The second kappa shape index (κ2) is 4.30. The first-order valence-corrected chi connectivity index (χ1v) is 7.00. The minimum Gasteiger partial charge on any atom is -0.493 e. The highest BCUT2D eigenvalue weighted by Gasteiger charge is 2.21. The Morgan fingerprint density at radius 2 is 1.95 bits per heavy atom. The summed E-state index contributed by atoms with van der Waals surface area (Å²) in [5.41, 5.74) is 5.47. The van der Waals surface area contributed by atoms with E-state index in [2.05, 4.69) is 47.8 Å². The molecule has 0 bridgehead atoms. The Morgan fingerprint density at radius 1 is 1.00 bits per heavy atom. The molecule has 2 nitrogen and oxygen atoms in total. The molecular weight excluding hydrogens is 234 g/mol. The van der Waals surface area contributed by atoms with Gasteiger partial charge in [0.15, 0.2) is 0 Å². The van der Waals surface area contributed by atoms with Gasteiger partial charge in [-0.2, -0.15) is 0 Å². The summed E-state index contributed by atoms with van der Waals surface area (Å²) in [4.78, 5) is 0. The van der Waals surface area contributed by atoms with E-state index in [4.69, 9.17) is 4.74 Å². The number of nitrogens with one attached hydrogen (secondary N) is 1. The molecule has 0 saturated carbocycles. The normalized spacial score (nSPS) is 20.1. The molecule has 19 heavy (non-hydrogen) atoms. The zero-order valence-corrected chi connectivity index (χ0v) is 10.9. The SMILES string of the molecule is c1ccc2c(c1)CCC(c1ccc3c(c1)CCO3)N2. The van der Waals surface area contributed by atoms with Crippen LogP contribution in [0.2, 0.25) is 0 Å². The van der Waals surface area contributed by atoms with Crippen LogP contribution in [-0.2, 0) is 12.8 Å². The molecule has 1 atom stereocenters. The van der Waals surface area contributed by atoms with Crippen molar-refractivity contribution in [2.24, 2.45) is 0 Å². The van der Waals surface area contributed by atoms with E-state index < -0.39 is 0 Å². The number of fused-ring (bicyclic) bond motifs is 2. The smallest absolute Gasteiger partial charge is 0.122 e. The van der Waals surface area contributed by atoms with Gasteiger partial charge in [-0.05, 0) is 47.7 Å². The molecule has 2 aliphatic heterocycles. The Morgan fingerprint density at radius 3 is 2.95 bits per heavy atom. The molecule has 0 spiro atoms. The van der Waals surface area contributed by atoms with E-state index in [1.54, 1.807) is 0 Å². The average molecular weight is 251 g/mol. The molecule has 2 aromatic rings. The minimum atomic E-state index is 0.431. The summed E-state index contributed by atoms with van der Waals surface area (Å²) in [6.45, 7) is 0.833. The molecule has 0 radical (unpaired) electrons. The van der Waals surface area contributed by atoms with Gasteiger partial charge < -0.3 is 10.1 Å². The molecule has 96 valence electrons. The summed E-state index contributed by atoms with van der Waals surface area (Å²) in [5, 5.41) is 3.66. The summed E-state index contributed by atoms with van der Waals surface area (Å²) in [6.07, 6.45) is 3.37.